The van der Waals surface area contributed by atoms with Crippen LogP contribution in [0.25, 0.3) is 0 Å². The molecule has 0 spiro atoms. The molecule has 0 radical (unpaired) electrons. The molecule has 0 amide bonds. The molecule has 320 valence electrons. The lowest BCUT2D eigenvalue weighted by molar-refractivity contribution is -0.152. The van der Waals surface area contributed by atoms with Crippen LogP contribution in [-0.2, 0) is 71.2 Å². The van der Waals surface area contributed by atoms with Crippen LogP contribution in [0.1, 0.15) is 51.9 Å². The lowest BCUT2D eigenvalue weighted by atomic mass is 9.88. The maximum Gasteiger partial charge on any atom is 0.309 e. The van der Waals surface area contributed by atoms with E-state index in [9.17, 15) is 14.4 Å². The van der Waals surface area contributed by atoms with Crippen molar-refractivity contribution >= 4 is 17.9 Å². The highest BCUT2D eigenvalue weighted by Gasteiger charge is 2.66. The molecule has 0 aromatic heterocycles. The number of esters is 3. The molecule has 15 nitrogen and oxygen atoms in total. The highest BCUT2D eigenvalue weighted by atomic mass is 16.6. The Morgan fingerprint density at radius 1 is 0.421 bits per heavy atom. The van der Waals surface area contributed by atoms with E-state index in [1.54, 1.807) is 0 Å². The number of carbonyl (C=O) groups excluding carboxylic acids is 3. The van der Waals surface area contributed by atoms with Gasteiger partial charge in [0.15, 0.2) is 0 Å². The second-order valence-electron chi connectivity index (χ2n) is 18.1. The Hall–Kier alpha value is -1.95. The van der Waals surface area contributed by atoms with E-state index in [0.717, 1.165) is 44.9 Å². The zero-order valence-corrected chi connectivity index (χ0v) is 33.3. The first-order valence-electron chi connectivity index (χ1n) is 21.9. The number of carbonyl (C=O) groups is 3. The first-order valence-corrected chi connectivity index (χ1v) is 21.9. The molecule has 9 fully saturated rings. The van der Waals surface area contributed by atoms with Gasteiger partial charge >= 0.3 is 17.9 Å². The molecule has 6 bridgehead atoms. The summed E-state index contributed by atoms with van der Waals surface area (Å²) in [4.78, 5) is 37.8. The Morgan fingerprint density at radius 2 is 0.719 bits per heavy atom. The van der Waals surface area contributed by atoms with Crippen LogP contribution < -0.4 is 0 Å². The fourth-order valence-corrected chi connectivity index (χ4v) is 11.5. The summed E-state index contributed by atoms with van der Waals surface area (Å²) in [7, 11) is 0. The number of ether oxygens (including phenoxy) is 12. The second kappa shape index (κ2) is 18.0. The van der Waals surface area contributed by atoms with Crippen LogP contribution in [0.4, 0.5) is 0 Å². The maximum atomic E-state index is 12.6. The minimum atomic E-state index is -0.415. The van der Waals surface area contributed by atoms with Gasteiger partial charge in [-0.2, -0.15) is 0 Å². The van der Waals surface area contributed by atoms with Crippen LogP contribution in [0.2, 0.25) is 0 Å². The Morgan fingerprint density at radius 3 is 1.00 bits per heavy atom. The molecule has 15 unspecified atom stereocenters. The SMILES string of the molecule is CCC(COCCOCCOC(=O)C1CC2CC1C1OC21)(COCCOCCOC(=O)C1CC2CC1C1OC21)COCCOCCOC(=O)C1CC2CC1C1OC21. The van der Waals surface area contributed by atoms with Gasteiger partial charge in [0, 0.05) is 23.2 Å². The lowest BCUT2D eigenvalue weighted by Crippen LogP contribution is -2.38. The summed E-state index contributed by atoms with van der Waals surface area (Å²) in [6, 6.07) is 0. The topological polar surface area (TPSA) is 172 Å². The number of epoxide rings is 3. The fraction of sp³-hybridized carbons (Fsp3) is 0.929. The van der Waals surface area contributed by atoms with Crippen molar-refractivity contribution in [3.8, 4) is 0 Å². The molecule has 6 aliphatic carbocycles. The van der Waals surface area contributed by atoms with Crippen LogP contribution in [0, 0.1) is 58.7 Å². The Bertz CT molecular complexity index is 1250. The van der Waals surface area contributed by atoms with E-state index in [1.165, 1.54) is 0 Å². The van der Waals surface area contributed by atoms with Crippen molar-refractivity contribution in [3.63, 3.8) is 0 Å². The smallest absolute Gasteiger partial charge is 0.309 e. The molecule has 9 rings (SSSR count). The summed E-state index contributed by atoms with van der Waals surface area (Å²) >= 11 is 0. The Kier molecular flexibility index (Phi) is 12.7. The second-order valence-corrected chi connectivity index (χ2v) is 18.1. The van der Waals surface area contributed by atoms with E-state index in [1.807, 2.05) is 0 Å². The summed E-state index contributed by atoms with van der Waals surface area (Å²) in [6.07, 6.45) is 8.72. The van der Waals surface area contributed by atoms with Crippen molar-refractivity contribution in [3.05, 3.63) is 0 Å². The first kappa shape index (κ1) is 40.5. The van der Waals surface area contributed by atoms with E-state index in [2.05, 4.69) is 6.92 Å². The van der Waals surface area contributed by atoms with Gasteiger partial charge in [-0.25, -0.2) is 0 Å². The standard InChI is InChI=1S/C42H62O15/c1-2-42(21-49-6-3-46-9-12-52-39(43)30-18-24-15-27(30)36-33(24)55-36,22-50-7-4-47-10-13-53-40(44)31-19-25-16-28(31)37-34(25)56-37)23-51-8-5-48-11-14-54-41(45)32-20-26-17-29(32)38-35(26)57-38/h24-38H,2-23H2,1H3. The first-order chi connectivity index (χ1) is 27.9. The van der Waals surface area contributed by atoms with E-state index in [0.29, 0.717) is 133 Å². The van der Waals surface area contributed by atoms with Gasteiger partial charge in [0.05, 0.1) is 134 Å². The van der Waals surface area contributed by atoms with Gasteiger partial charge < -0.3 is 56.8 Å². The monoisotopic (exact) mass is 806 g/mol. The summed E-state index contributed by atoms with van der Waals surface area (Å²) in [6.45, 7) is 7.15. The van der Waals surface area contributed by atoms with Gasteiger partial charge in [0.25, 0.3) is 0 Å². The van der Waals surface area contributed by atoms with Gasteiger partial charge in [-0.15, -0.1) is 0 Å². The Labute approximate surface area is 334 Å². The predicted molar refractivity (Wildman–Crippen MR) is 196 cm³/mol. The van der Waals surface area contributed by atoms with Crippen molar-refractivity contribution in [2.75, 3.05) is 99.1 Å². The predicted octanol–water partition coefficient (Wildman–Crippen LogP) is 2.38. The third-order valence-electron chi connectivity index (χ3n) is 14.7. The summed E-state index contributed by atoms with van der Waals surface area (Å²) in [5.41, 5.74) is -0.415. The Balaban J connectivity index is 0.629. The third kappa shape index (κ3) is 9.07. The van der Waals surface area contributed by atoms with E-state index in [4.69, 9.17) is 56.8 Å². The zero-order valence-electron chi connectivity index (χ0n) is 33.3. The van der Waals surface area contributed by atoms with Crippen LogP contribution in [0.15, 0.2) is 0 Å². The minimum Gasteiger partial charge on any atom is -0.463 e. The van der Waals surface area contributed by atoms with Crippen molar-refractivity contribution in [2.45, 2.75) is 88.5 Å². The maximum absolute atomic E-state index is 12.6. The fourth-order valence-electron chi connectivity index (χ4n) is 11.5. The molecular formula is C42H62O15. The average Bonchev–Trinajstić information content (AvgIpc) is 4.16. The van der Waals surface area contributed by atoms with Crippen molar-refractivity contribution in [1.82, 2.24) is 0 Å². The van der Waals surface area contributed by atoms with Crippen LogP contribution in [0.3, 0.4) is 0 Å². The van der Waals surface area contributed by atoms with E-state index >= 15 is 0 Å². The van der Waals surface area contributed by atoms with E-state index in [-0.39, 0.29) is 73.8 Å². The largest absolute Gasteiger partial charge is 0.463 e. The van der Waals surface area contributed by atoms with Gasteiger partial charge in [-0.3, -0.25) is 14.4 Å². The molecule has 3 heterocycles. The molecule has 15 heteroatoms. The van der Waals surface area contributed by atoms with E-state index < -0.39 is 5.41 Å². The quantitative estimate of drug-likeness (QED) is 0.0488. The van der Waals surface area contributed by atoms with Crippen LogP contribution in [0.5, 0.6) is 0 Å². The highest BCUT2D eigenvalue weighted by molar-refractivity contribution is 5.75. The molecule has 3 saturated heterocycles. The van der Waals surface area contributed by atoms with Gasteiger partial charge in [0.2, 0.25) is 0 Å². The normalized spacial score (nSPS) is 40.1. The molecular weight excluding hydrogens is 744 g/mol. The molecule has 6 saturated carbocycles. The molecule has 0 aromatic carbocycles. The van der Waals surface area contributed by atoms with Crippen molar-refractivity contribution in [1.29, 1.82) is 0 Å². The third-order valence-corrected chi connectivity index (χ3v) is 14.7. The lowest BCUT2D eigenvalue weighted by Gasteiger charge is -2.32. The minimum absolute atomic E-state index is 0.0305. The summed E-state index contributed by atoms with van der Waals surface area (Å²) in [5.74, 6) is 2.12. The van der Waals surface area contributed by atoms with Gasteiger partial charge in [-0.05, 0) is 62.7 Å². The molecule has 15 atom stereocenters. The molecule has 0 aromatic rings. The average molecular weight is 807 g/mol. The summed E-state index contributed by atoms with van der Waals surface area (Å²) < 4.78 is 68.9. The number of rotatable bonds is 28. The highest BCUT2D eigenvalue weighted by Crippen LogP contribution is 2.60. The molecule has 3 aliphatic heterocycles. The van der Waals surface area contributed by atoms with Crippen molar-refractivity contribution < 1.29 is 71.2 Å². The zero-order chi connectivity index (χ0) is 38.9. The van der Waals surface area contributed by atoms with Crippen LogP contribution >= 0.6 is 0 Å². The van der Waals surface area contributed by atoms with Gasteiger partial charge in [0.1, 0.15) is 19.8 Å². The molecule has 9 aliphatic rings. The molecule has 57 heavy (non-hydrogen) atoms. The van der Waals surface area contributed by atoms with Crippen LogP contribution in [-0.4, -0.2) is 154 Å². The van der Waals surface area contributed by atoms with Crippen molar-refractivity contribution in [2.24, 2.45) is 58.7 Å². The van der Waals surface area contributed by atoms with Gasteiger partial charge in [-0.1, -0.05) is 6.92 Å². The number of hydrogen-bond donors (Lipinski definition) is 0. The number of hydrogen-bond acceptors (Lipinski definition) is 15. The summed E-state index contributed by atoms with van der Waals surface area (Å²) in [5, 5.41) is 0. The molecule has 0 N–H and O–H groups in total. The number of fused-ring (bicyclic) bond motifs is 15.